The van der Waals surface area contributed by atoms with E-state index in [-0.39, 0.29) is 30.8 Å². The van der Waals surface area contributed by atoms with Crippen molar-refractivity contribution in [3.63, 3.8) is 0 Å². The molecule has 7 heteroatoms. The number of fused-ring (bicyclic) bond motifs is 1. The summed E-state index contributed by atoms with van der Waals surface area (Å²) in [6.07, 6.45) is 0.720. The zero-order valence-electron chi connectivity index (χ0n) is 19.9. The van der Waals surface area contributed by atoms with Crippen LogP contribution in [0.4, 0.5) is 5.69 Å². The summed E-state index contributed by atoms with van der Waals surface area (Å²) < 4.78 is 1.95. The number of anilines is 1. The molecule has 0 radical (unpaired) electrons. The Morgan fingerprint density at radius 1 is 0.971 bits per heavy atom. The van der Waals surface area contributed by atoms with Gasteiger partial charge in [-0.2, -0.15) is 0 Å². The van der Waals surface area contributed by atoms with Gasteiger partial charge in [-0.05, 0) is 49.7 Å². The van der Waals surface area contributed by atoms with Gasteiger partial charge in [-0.15, -0.1) is 0 Å². The normalized spacial score (nSPS) is 11.1. The van der Waals surface area contributed by atoms with Crippen LogP contribution in [0, 0.1) is 0 Å². The minimum atomic E-state index is -0.105. The second-order valence-electron chi connectivity index (χ2n) is 8.66. The van der Waals surface area contributed by atoms with Gasteiger partial charge in [0.05, 0.1) is 17.5 Å². The number of benzene rings is 3. The smallest absolute Gasteiger partial charge is 0.247 e. The number of nitrogens with one attached hydrogen (secondary N) is 1. The molecule has 1 aromatic heterocycles. The maximum atomic E-state index is 13.5. The van der Waals surface area contributed by atoms with Crippen LogP contribution in [0.5, 0.6) is 0 Å². The third kappa shape index (κ3) is 5.89. The second kappa shape index (κ2) is 11.2. The number of imidazole rings is 1. The molecule has 0 unspecified atom stereocenters. The van der Waals surface area contributed by atoms with Crippen LogP contribution >= 0.6 is 11.6 Å². The number of carbonyl (C=O) groups excluding carboxylic acids is 2. The van der Waals surface area contributed by atoms with Gasteiger partial charge in [0.1, 0.15) is 12.4 Å². The van der Waals surface area contributed by atoms with E-state index in [4.69, 9.17) is 16.6 Å². The topological polar surface area (TPSA) is 67.2 Å². The predicted molar refractivity (Wildman–Crippen MR) is 141 cm³/mol. The van der Waals surface area contributed by atoms with E-state index < -0.39 is 0 Å². The number of hydrogen-bond acceptors (Lipinski definition) is 3. The van der Waals surface area contributed by atoms with Crippen LogP contribution in [0.2, 0.25) is 5.02 Å². The average Bonchev–Trinajstić information content (AvgIpc) is 3.18. The molecule has 0 saturated carbocycles. The van der Waals surface area contributed by atoms with Crippen LogP contribution in [0.3, 0.4) is 0 Å². The number of nitrogens with zero attached hydrogens (tertiary/aromatic N) is 3. The Morgan fingerprint density at radius 3 is 2.40 bits per heavy atom. The molecule has 0 saturated heterocycles. The summed E-state index contributed by atoms with van der Waals surface area (Å²) in [6, 6.07) is 24.8. The van der Waals surface area contributed by atoms with E-state index in [1.807, 2.05) is 96.1 Å². The molecule has 6 nitrogen and oxygen atoms in total. The zero-order valence-corrected chi connectivity index (χ0v) is 20.7. The van der Waals surface area contributed by atoms with Crippen LogP contribution in [0.1, 0.15) is 25.2 Å². The first-order valence-electron chi connectivity index (χ1n) is 11.8. The number of rotatable bonds is 9. The van der Waals surface area contributed by atoms with Crippen molar-refractivity contribution in [2.24, 2.45) is 0 Å². The summed E-state index contributed by atoms with van der Waals surface area (Å²) in [5.41, 5.74) is 3.38. The maximum Gasteiger partial charge on any atom is 0.247 e. The lowest BCUT2D eigenvalue weighted by atomic mass is 10.1. The van der Waals surface area contributed by atoms with E-state index in [1.54, 1.807) is 6.07 Å². The SMILES string of the molecule is CC(C)N(C(=O)Cn1c(CCNC(=O)Cc2ccccc2Cl)nc2ccccc21)c1ccccc1. The van der Waals surface area contributed by atoms with Gasteiger partial charge >= 0.3 is 0 Å². The van der Waals surface area contributed by atoms with E-state index in [0.717, 1.165) is 28.1 Å². The Balaban J connectivity index is 1.49. The molecule has 35 heavy (non-hydrogen) atoms. The lowest BCUT2D eigenvalue weighted by Crippen LogP contribution is -2.39. The van der Waals surface area contributed by atoms with Gasteiger partial charge in [0, 0.05) is 29.7 Å². The molecule has 2 amide bonds. The zero-order chi connectivity index (χ0) is 24.8. The summed E-state index contributed by atoms with van der Waals surface area (Å²) >= 11 is 6.18. The third-order valence-corrected chi connectivity index (χ3v) is 6.19. The highest BCUT2D eigenvalue weighted by molar-refractivity contribution is 6.31. The van der Waals surface area contributed by atoms with Crippen LogP contribution in [0.15, 0.2) is 78.9 Å². The number of hydrogen-bond donors (Lipinski definition) is 1. The number of carbonyl (C=O) groups is 2. The molecule has 3 aromatic carbocycles. The highest BCUT2D eigenvalue weighted by Gasteiger charge is 2.22. The molecular formula is C28H29ClN4O2. The van der Waals surface area contributed by atoms with Crippen LogP contribution in [0.25, 0.3) is 11.0 Å². The van der Waals surface area contributed by atoms with Crippen LogP contribution in [-0.4, -0.2) is 34.0 Å². The Hall–Kier alpha value is -3.64. The van der Waals surface area contributed by atoms with E-state index in [2.05, 4.69) is 5.32 Å². The molecule has 180 valence electrons. The number of aromatic nitrogens is 2. The summed E-state index contributed by atoms with van der Waals surface area (Å²) in [5.74, 6) is 0.639. The first kappa shape index (κ1) is 24.5. The lowest BCUT2D eigenvalue weighted by Gasteiger charge is -2.27. The van der Waals surface area contributed by atoms with Gasteiger partial charge < -0.3 is 14.8 Å². The minimum Gasteiger partial charge on any atom is -0.355 e. The first-order valence-corrected chi connectivity index (χ1v) is 12.1. The average molecular weight is 489 g/mol. The molecular weight excluding hydrogens is 460 g/mol. The van der Waals surface area contributed by atoms with Gasteiger partial charge in [-0.3, -0.25) is 9.59 Å². The van der Waals surface area contributed by atoms with Crippen molar-refractivity contribution < 1.29 is 9.59 Å². The molecule has 0 atom stereocenters. The van der Waals surface area contributed by atoms with E-state index >= 15 is 0 Å². The van der Waals surface area contributed by atoms with Crippen molar-refractivity contribution in [3.8, 4) is 0 Å². The van der Waals surface area contributed by atoms with E-state index in [9.17, 15) is 9.59 Å². The molecule has 0 fully saturated rings. The monoisotopic (exact) mass is 488 g/mol. The highest BCUT2D eigenvalue weighted by Crippen LogP contribution is 2.21. The van der Waals surface area contributed by atoms with Crippen molar-refractivity contribution in [1.82, 2.24) is 14.9 Å². The summed E-state index contributed by atoms with van der Waals surface area (Å²) in [6.45, 7) is 4.59. The summed E-state index contributed by atoms with van der Waals surface area (Å²) in [4.78, 5) is 32.5. The fourth-order valence-corrected chi connectivity index (χ4v) is 4.42. The fourth-order valence-electron chi connectivity index (χ4n) is 4.21. The van der Waals surface area contributed by atoms with E-state index in [0.29, 0.717) is 18.0 Å². The molecule has 4 rings (SSSR count). The molecule has 0 spiro atoms. The van der Waals surface area contributed by atoms with Crippen molar-refractivity contribution in [3.05, 3.63) is 95.3 Å². The van der Waals surface area contributed by atoms with Crippen LogP contribution < -0.4 is 10.2 Å². The molecule has 0 aliphatic rings. The quantitative estimate of drug-likeness (QED) is 0.359. The molecule has 1 N–H and O–H groups in total. The number of para-hydroxylation sites is 3. The Kier molecular flexibility index (Phi) is 7.83. The Morgan fingerprint density at radius 2 is 1.66 bits per heavy atom. The third-order valence-electron chi connectivity index (χ3n) is 5.83. The van der Waals surface area contributed by atoms with Gasteiger partial charge in [0.2, 0.25) is 11.8 Å². The van der Waals surface area contributed by atoms with Gasteiger partial charge in [0.25, 0.3) is 0 Å². The molecule has 0 aliphatic heterocycles. The lowest BCUT2D eigenvalue weighted by molar-refractivity contribution is -0.121. The Labute approximate surface area is 210 Å². The van der Waals surface area contributed by atoms with Crippen molar-refractivity contribution in [2.45, 2.75) is 39.3 Å². The van der Waals surface area contributed by atoms with Crippen molar-refractivity contribution >= 4 is 40.1 Å². The fraction of sp³-hybridized carbons (Fsp3) is 0.250. The van der Waals surface area contributed by atoms with E-state index in [1.165, 1.54) is 0 Å². The van der Waals surface area contributed by atoms with Crippen molar-refractivity contribution in [2.75, 3.05) is 11.4 Å². The minimum absolute atomic E-state index is 0.00670. The molecule has 0 aliphatic carbocycles. The van der Waals surface area contributed by atoms with Gasteiger partial charge in [-0.25, -0.2) is 4.98 Å². The number of halogens is 1. The highest BCUT2D eigenvalue weighted by atomic mass is 35.5. The molecule has 0 bridgehead atoms. The first-order chi connectivity index (χ1) is 16.9. The summed E-state index contributed by atoms with van der Waals surface area (Å²) in [7, 11) is 0. The second-order valence-corrected chi connectivity index (χ2v) is 9.07. The maximum absolute atomic E-state index is 13.5. The Bertz CT molecular complexity index is 1320. The van der Waals surface area contributed by atoms with Gasteiger partial charge in [-0.1, -0.05) is 60.1 Å². The standard InChI is InChI=1S/C28H29ClN4O2/c1-20(2)33(22-11-4-3-5-12-22)28(35)19-32-25-15-9-8-14-24(25)31-26(32)16-17-30-27(34)18-21-10-6-7-13-23(21)29/h3-15,20H,16-19H2,1-2H3,(H,30,34). The van der Waals surface area contributed by atoms with Crippen molar-refractivity contribution in [1.29, 1.82) is 0 Å². The molecule has 1 heterocycles. The van der Waals surface area contributed by atoms with Gasteiger partial charge in [0.15, 0.2) is 0 Å². The molecule has 4 aromatic rings. The van der Waals surface area contributed by atoms with Crippen LogP contribution in [-0.2, 0) is 29.0 Å². The predicted octanol–water partition coefficient (Wildman–Crippen LogP) is 5.03. The summed E-state index contributed by atoms with van der Waals surface area (Å²) in [5, 5.41) is 3.53. The largest absolute Gasteiger partial charge is 0.355 e. The number of amides is 2.